The normalized spacial score (nSPS) is 15.0. The molecule has 0 bridgehead atoms. The minimum Gasteiger partial charge on any atom is -0.405 e. The molecule has 2 N–H and O–H groups in total. The second kappa shape index (κ2) is 3.93. The summed E-state index contributed by atoms with van der Waals surface area (Å²) in [6.07, 6.45) is 7.21. The Morgan fingerprint density at radius 3 is 3.09 bits per heavy atom. The van der Waals surface area contributed by atoms with Crippen molar-refractivity contribution in [2.45, 2.75) is 6.92 Å². The minimum atomic E-state index is 0.985. The molecule has 0 saturated carbocycles. The molecular formula is C8H10N2S. The maximum Gasteiger partial charge on any atom is 0.0809 e. The first-order chi connectivity index (χ1) is 5.38. The first-order valence-electron chi connectivity index (χ1n) is 3.33. The summed E-state index contributed by atoms with van der Waals surface area (Å²) in [4.78, 5) is 4.15. The maximum atomic E-state index is 5.19. The molecule has 0 fully saturated rings. The van der Waals surface area contributed by atoms with Crippen LogP contribution in [0, 0.1) is 0 Å². The smallest absolute Gasteiger partial charge is 0.0809 e. The highest BCUT2D eigenvalue weighted by Gasteiger charge is 1.82. The number of thiazole rings is 1. The summed E-state index contributed by atoms with van der Waals surface area (Å²) < 4.78 is 1.18. The average Bonchev–Trinajstić information content (AvgIpc) is 2.47. The van der Waals surface area contributed by atoms with Gasteiger partial charge in [0.05, 0.1) is 15.4 Å². The lowest BCUT2D eigenvalue weighted by Gasteiger charge is -1.72. The van der Waals surface area contributed by atoms with Gasteiger partial charge in [0.25, 0.3) is 0 Å². The number of allylic oxidation sites excluding steroid dienone is 1. The van der Waals surface area contributed by atoms with E-state index in [1.54, 1.807) is 17.4 Å². The van der Waals surface area contributed by atoms with E-state index >= 15 is 0 Å². The Kier molecular flexibility index (Phi) is 2.86. The Labute approximate surface area is 69.4 Å². The monoisotopic (exact) mass is 166 g/mol. The molecule has 2 nitrogen and oxygen atoms in total. The predicted octanol–water partition coefficient (Wildman–Crippen LogP) is 0.196. The van der Waals surface area contributed by atoms with Gasteiger partial charge in [-0.15, -0.1) is 11.3 Å². The zero-order valence-corrected chi connectivity index (χ0v) is 7.14. The molecule has 1 heterocycles. The van der Waals surface area contributed by atoms with E-state index in [1.165, 1.54) is 10.7 Å². The van der Waals surface area contributed by atoms with Crippen LogP contribution in [0.4, 0.5) is 0 Å². The van der Waals surface area contributed by atoms with Gasteiger partial charge in [-0.25, -0.2) is 4.98 Å². The second-order valence-electron chi connectivity index (χ2n) is 1.94. The summed E-state index contributed by atoms with van der Waals surface area (Å²) in [6, 6.07) is 0. The molecule has 0 unspecified atom stereocenters. The van der Waals surface area contributed by atoms with Crippen LogP contribution in [-0.4, -0.2) is 4.98 Å². The lowest BCUT2D eigenvalue weighted by Crippen LogP contribution is -2.19. The highest BCUT2D eigenvalue weighted by Crippen LogP contribution is 1.76. The highest BCUT2D eigenvalue weighted by molar-refractivity contribution is 7.07. The Balaban J connectivity index is 3.23. The molecule has 0 amide bonds. The molecule has 1 rings (SSSR count). The molecule has 0 aliphatic rings. The molecule has 0 saturated heterocycles. The van der Waals surface area contributed by atoms with Crippen LogP contribution in [0.1, 0.15) is 6.92 Å². The Morgan fingerprint density at radius 1 is 1.64 bits per heavy atom. The van der Waals surface area contributed by atoms with Gasteiger partial charge in [-0.2, -0.15) is 0 Å². The first-order valence-corrected chi connectivity index (χ1v) is 4.21. The van der Waals surface area contributed by atoms with Gasteiger partial charge < -0.3 is 5.73 Å². The van der Waals surface area contributed by atoms with Gasteiger partial charge in [-0.3, -0.25) is 0 Å². The van der Waals surface area contributed by atoms with Gasteiger partial charge in [0.2, 0.25) is 0 Å². The SMILES string of the molecule is C/C=c1/scn/c1=C/C=C/N. The molecule has 1 aromatic heterocycles. The van der Waals surface area contributed by atoms with Crippen molar-refractivity contribution in [3.63, 3.8) is 0 Å². The van der Waals surface area contributed by atoms with Crippen molar-refractivity contribution in [3.8, 4) is 0 Å². The van der Waals surface area contributed by atoms with Crippen molar-refractivity contribution in [1.29, 1.82) is 0 Å². The Bertz CT molecular complexity index is 348. The lowest BCUT2D eigenvalue weighted by molar-refractivity contribution is 1.32. The highest BCUT2D eigenvalue weighted by atomic mass is 32.1. The molecule has 0 aliphatic carbocycles. The first kappa shape index (κ1) is 8.01. The van der Waals surface area contributed by atoms with Crippen molar-refractivity contribution in [3.05, 3.63) is 27.7 Å². The van der Waals surface area contributed by atoms with Crippen LogP contribution in [-0.2, 0) is 0 Å². The molecule has 0 atom stereocenters. The lowest BCUT2D eigenvalue weighted by atomic mass is 10.4. The van der Waals surface area contributed by atoms with Crippen molar-refractivity contribution in [2.24, 2.45) is 5.73 Å². The number of aromatic nitrogens is 1. The van der Waals surface area contributed by atoms with Crippen LogP contribution in [0.25, 0.3) is 12.2 Å². The van der Waals surface area contributed by atoms with Crippen molar-refractivity contribution in [2.75, 3.05) is 0 Å². The van der Waals surface area contributed by atoms with Crippen molar-refractivity contribution >= 4 is 23.5 Å². The molecule has 0 spiro atoms. The van der Waals surface area contributed by atoms with E-state index in [9.17, 15) is 0 Å². The third-order valence-corrected chi connectivity index (χ3v) is 2.16. The largest absolute Gasteiger partial charge is 0.405 e. The van der Waals surface area contributed by atoms with E-state index in [-0.39, 0.29) is 0 Å². The van der Waals surface area contributed by atoms with Gasteiger partial charge >= 0.3 is 0 Å². The molecule has 3 heteroatoms. The quantitative estimate of drug-likeness (QED) is 0.647. The van der Waals surface area contributed by atoms with Gasteiger partial charge in [0, 0.05) is 0 Å². The average molecular weight is 166 g/mol. The van der Waals surface area contributed by atoms with E-state index < -0.39 is 0 Å². The zero-order valence-electron chi connectivity index (χ0n) is 6.32. The zero-order chi connectivity index (χ0) is 8.10. The molecule has 11 heavy (non-hydrogen) atoms. The fourth-order valence-corrected chi connectivity index (χ4v) is 1.41. The van der Waals surface area contributed by atoms with E-state index in [4.69, 9.17) is 5.73 Å². The van der Waals surface area contributed by atoms with Crippen molar-refractivity contribution in [1.82, 2.24) is 4.98 Å². The fourth-order valence-electron chi connectivity index (χ4n) is 0.752. The number of nitrogens with zero attached hydrogens (tertiary/aromatic N) is 1. The summed E-state index contributed by atoms with van der Waals surface area (Å²) in [5.74, 6) is 0. The van der Waals surface area contributed by atoms with Gasteiger partial charge in [-0.1, -0.05) is 6.08 Å². The Hall–Kier alpha value is -1.09. The Morgan fingerprint density at radius 2 is 2.45 bits per heavy atom. The second-order valence-corrected chi connectivity index (χ2v) is 2.83. The van der Waals surface area contributed by atoms with Gasteiger partial charge in [-0.05, 0) is 25.3 Å². The number of hydrogen-bond acceptors (Lipinski definition) is 3. The summed E-state index contributed by atoms with van der Waals surface area (Å²) in [7, 11) is 0. The molecule has 0 radical (unpaired) electrons. The number of hydrogen-bond donors (Lipinski definition) is 1. The number of rotatable bonds is 1. The van der Waals surface area contributed by atoms with E-state index in [1.807, 2.05) is 24.6 Å². The van der Waals surface area contributed by atoms with E-state index in [0.717, 1.165) is 5.35 Å². The summed E-state index contributed by atoms with van der Waals surface area (Å²) in [6.45, 7) is 2.00. The third kappa shape index (κ3) is 1.91. The topological polar surface area (TPSA) is 38.9 Å². The number of nitrogens with two attached hydrogens (primary N) is 1. The maximum absolute atomic E-state index is 5.19. The summed E-state index contributed by atoms with van der Waals surface area (Å²) in [5.41, 5.74) is 7.02. The van der Waals surface area contributed by atoms with E-state index in [0.29, 0.717) is 0 Å². The van der Waals surface area contributed by atoms with Crippen LogP contribution < -0.4 is 15.6 Å². The van der Waals surface area contributed by atoms with Crippen molar-refractivity contribution < 1.29 is 0 Å². The standard InChI is InChI=1S/C8H10N2S/c1-2-8-7(4-3-5-9)10-6-11-8/h2-6H,9H2,1H3/b5-3+,7-4+,8-2+. The van der Waals surface area contributed by atoms with Crippen LogP contribution in [0.3, 0.4) is 0 Å². The summed E-state index contributed by atoms with van der Waals surface area (Å²) in [5, 5.41) is 0.985. The molecular weight excluding hydrogens is 156 g/mol. The fraction of sp³-hybridized carbons (Fsp3) is 0.125. The molecule has 58 valence electrons. The third-order valence-electron chi connectivity index (χ3n) is 1.25. The van der Waals surface area contributed by atoms with Gasteiger partial charge in [0.15, 0.2) is 0 Å². The minimum absolute atomic E-state index is 0.985. The molecule has 1 aromatic rings. The van der Waals surface area contributed by atoms with Crippen LogP contribution in [0.5, 0.6) is 0 Å². The molecule has 0 aromatic carbocycles. The molecule has 0 aliphatic heterocycles. The van der Waals surface area contributed by atoms with Crippen LogP contribution in [0.15, 0.2) is 17.8 Å². The summed E-state index contributed by atoms with van der Waals surface area (Å²) >= 11 is 1.63. The van der Waals surface area contributed by atoms with Gasteiger partial charge in [0.1, 0.15) is 0 Å². The predicted molar refractivity (Wildman–Crippen MR) is 49.3 cm³/mol. The van der Waals surface area contributed by atoms with E-state index in [2.05, 4.69) is 4.98 Å². The van der Waals surface area contributed by atoms with Crippen LogP contribution >= 0.6 is 11.3 Å². The van der Waals surface area contributed by atoms with Crippen LogP contribution in [0.2, 0.25) is 0 Å².